The van der Waals surface area contributed by atoms with Crippen LogP contribution in [0.5, 0.6) is 0 Å². The second kappa shape index (κ2) is 6.42. The van der Waals surface area contributed by atoms with Crippen molar-refractivity contribution in [2.45, 2.75) is 45.3 Å². The highest BCUT2D eigenvalue weighted by Crippen LogP contribution is 2.30. The van der Waals surface area contributed by atoms with Gasteiger partial charge in [0.1, 0.15) is 0 Å². The molecule has 1 aromatic rings. The Bertz CT molecular complexity index is 410. The number of rotatable bonds is 5. The lowest BCUT2D eigenvalue weighted by Gasteiger charge is -2.19. The first kappa shape index (κ1) is 16.0. The zero-order chi connectivity index (χ0) is 14.6. The minimum atomic E-state index is -4.25. The van der Waals surface area contributed by atoms with Gasteiger partial charge in [-0.1, -0.05) is 11.6 Å². The van der Waals surface area contributed by atoms with Crippen molar-refractivity contribution >= 4 is 0 Å². The summed E-state index contributed by atoms with van der Waals surface area (Å²) in [6.45, 7) is 3.83. The summed E-state index contributed by atoms with van der Waals surface area (Å²) in [5.41, 5.74) is 0.909. The average molecular weight is 273 g/mol. The Kier molecular flexibility index (Phi) is 5.41. The van der Waals surface area contributed by atoms with E-state index in [-0.39, 0.29) is 0 Å². The molecular formula is C15H22F3N. The van der Waals surface area contributed by atoms with Gasteiger partial charge in [-0.05, 0) is 64.9 Å². The molecule has 0 fully saturated rings. The van der Waals surface area contributed by atoms with Gasteiger partial charge in [0.2, 0.25) is 0 Å². The third kappa shape index (κ3) is 5.23. The van der Waals surface area contributed by atoms with Crippen molar-refractivity contribution in [3.05, 3.63) is 34.9 Å². The molecular weight excluding hydrogens is 251 g/mol. The van der Waals surface area contributed by atoms with Crippen molar-refractivity contribution in [2.75, 3.05) is 14.1 Å². The van der Waals surface area contributed by atoms with Crippen LogP contribution in [0.1, 0.15) is 36.5 Å². The topological polar surface area (TPSA) is 3.24 Å². The first-order valence-corrected chi connectivity index (χ1v) is 6.54. The summed E-state index contributed by atoms with van der Waals surface area (Å²) in [6, 6.07) is 4.77. The molecule has 0 saturated heterocycles. The van der Waals surface area contributed by atoms with Crippen LogP contribution >= 0.6 is 0 Å². The van der Waals surface area contributed by atoms with Gasteiger partial charge in [0.25, 0.3) is 0 Å². The molecule has 0 spiro atoms. The normalized spacial score (nSPS) is 13.9. The quantitative estimate of drug-likeness (QED) is 0.773. The molecule has 0 saturated carbocycles. The van der Waals surface area contributed by atoms with Crippen molar-refractivity contribution in [1.82, 2.24) is 4.90 Å². The summed E-state index contributed by atoms with van der Waals surface area (Å²) in [5, 5.41) is 0. The van der Waals surface area contributed by atoms with Gasteiger partial charge in [-0.3, -0.25) is 0 Å². The van der Waals surface area contributed by atoms with Gasteiger partial charge in [-0.15, -0.1) is 0 Å². The molecule has 1 nitrogen and oxygen atoms in total. The Labute approximate surface area is 113 Å². The van der Waals surface area contributed by atoms with E-state index >= 15 is 0 Å². The lowest BCUT2D eigenvalue weighted by Crippen LogP contribution is -2.24. The minimum absolute atomic E-state index is 0.451. The predicted octanol–water partition coefficient (Wildman–Crippen LogP) is 4.29. The molecule has 0 aliphatic carbocycles. The zero-order valence-corrected chi connectivity index (χ0v) is 12.0. The standard InChI is InChI=1S/C15H22F3N/c1-11-8-13(7-5-6-12(2)19(3)4)10-14(9-11)15(16,17)18/h8-10,12H,5-7H2,1-4H3/t12-/m0/s1. The highest BCUT2D eigenvalue weighted by molar-refractivity contribution is 5.31. The smallest absolute Gasteiger partial charge is 0.307 e. The van der Waals surface area contributed by atoms with Crippen LogP contribution in [-0.2, 0) is 12.6 Å². The number of hydrogen-bond acceptors (Lipinski definition) is 1. The second-order valence-corrected chi connectivity index (χ2v) is 5.41. The van der Waals surface area contributed by atoms with Crippen LogP contribution in [0.2, 0.25) is 0 Å². The molecule has 0 bridgehead atoms. The van der Waals surface area contributed by atoms with Gasteiger partial charge in [-0.25, -0.2) is 0 Å². The van der Waals surface area contributed by atoms with Crippen LogP contribution in [0.4, 0.5) is 13.2 Å². The van der Waals surface area contributed by atoms with Gasteiger partial charge in [0, 0.05) is 6.04 Å². The molecule has 0 unspecified atom stereocenters. The number of aryl methyl sites for hydroxylation is 2. The Balaban J connectivity index is 2.67. The first-order valence-electron chi connectivity index (χ1n) is 6.54. The largest absolute Gasteiger partial charge is 0.416 e. The van der Waals surface area contributed by atoms with Crippen molar-refractivity contribution < 1.29 is 13.2 Å². The van der Waals surface area contributed by atoms with E-state index in [1.807, 2.05) is 20.2 Å². The molecule has 0 heterocycles. The van der Waals surface area contributed by atoms with E-state index in [1.54, 1.807) is 6.92 Å². The van der Waals surface area contributed by atoms with Gasteiger partial charge in [0.15, 0.2) is 0 Å². The molecule has 0 aromatic heterocycles. The average Bonchev–Trinajstić information content (AvgIpc) is 2.26. The van der Waals surface area contributed by atoms with Crippen molar-refractivity contribution in [2.24, 2.45) is 0 Å². The second-order valence-electron chi connectivity index (χ2n) is 5.41. The lowest BCUT2D eigenvalue weighted by atomic mass is 10.0. The van der Waals surface area contributed by atoms with E-state index in [4.69, 9.17) is 0 Å². The minimum Gasteiger partial charge on any atom is -0.307 e. The molecule has 0 aliphatic heterocycles. The fourth-order valence-corrected chi connectivity index (χ4v) is 2.03. The molecule has 4 heteroatoms. The third-order valence-electron chi connectivity index (χ3n) is 3.43. The molecule has 108 valence electrons. The Morgan fingerprint density at radius 2 is 1.79 bits per heavy atom. The van der Waals surface area contributed by atoms with Crippen LogP contribution in [0, 0.1) is 6.92 Å². The molecule has 1 atom stereocenters. The monoisotopic (exact) mass is 273 g/mol. The number of halogens is 3. The summed E-state index contributed by atoms with van der Waals surface area (Å²) in [7, 11) is 4.03. The fraction of sp³-hybridized carbons (Fsp3) is 0.600. The predicted molar refractivity (Wildman–Crippen MR) is 72.3 cm³/mol. The van der Waals surface area contributed by atoms with Crippen LogP contribution in [0.15, 0.2) is 18.2 Å². The molecule has 0 N–H and O–H groups in total. The van der Waals surface area contributed by atoms with Crippen LogP contribution in [-0.4, -0.2) is 25.0 Å². The Hall–Kier alpha value is -1.03. The summed E-state index contributed by atoms with van der Waals surface area (Å²) in [4.78, 5) is 2.12. The van der Waals surface area contributed by atoms with Gasteiger partial charge in [-0.2, -0.15) is 13.2 Å². The number of nitrogens with zero attached hydrogens (tertiary/aromatic N) is 1. The summed E-state index contributed by atoms with van der Waals surface area (Å²) < 4.78 is 38.1. The summed E-state index contributed by atoms with van der Waals surface area (Å²) >= 11 is 0. The maximum absolute atomic E-state index is 12.7. The molecule has 19 heavy (non-hydrogen) atoms. The van der Waals surface area contributed by atoms with E-state index in [0.717, 1.165) is 18.4 Å². The zero-order valence-electron chi connectivity index (χ0n) is 12.0. The first-order chi connectivity index (χ1) is 8.70. The third-order valence-corrected chi connectivity index (χ3v) is 3.43. The Morgan fingerprint density at radius 3 is 2.32 bits per heavy atom. The maximum atomic E-state index is 12.7. The van der Waals surface area contributed by atoms with E-state index in [2.05, 4.69) is 11.8 Å². The molecule has 0 aliphatic rings. The van der Waals surface area contributed by atoms with Crippen molar-refractivity contribution in [3.63, 3.8) is 0 Å². The highest BCUT2D eigenvalue weighted by Gasteiger charge is 2.30. The number of alkyl halides is 3. The van der Waals surface area contributed by atoms with E-state index < -0.39 is 11.7 Å². The van der Waals surface area contributed by atoms with E-state index in [0.29, 0.717) is 18.0 Å². The summed E-state index contributed by atoms with van der Waals surface area (Å²) in [5.74, 6) is 0. The van der Waals surface area contributed by atoms with Gasteiger partial charge in [0.05, 0.1) is 5.56 Å². The lowest BCUT2D eigenvalue weighted by molar-refractivity contribution is -0.137. The summed E-state index contributed by atoms with van der Waals surface area (Å²) in [6.07, 6.45) is -1.66. The van der Waals surface area contributed by atoms with Crippen molar-refractivity contribution in [1.29, 1.82) is 0 Å². The van der Waals surface area contributed by atoms with E-state index in [9.17, 15) is 13.2 Å². The number of benzene rings is 1. The van der Waals surface area contributed by atoms with Gasteiger partial charge < -0.3 is 4.90 Å². The number of hydrogen-bond donors (Lipinski definition) is 0. The molecule has 1 rings (SSSR count). The van der Waals surface area contributed by atoms with Crippen molar-refractivity contribution in [3.8, 4) is 0 Å². The Morgan fingerprint density at radius 1 is 1.16 bits per heavy atom. The van der Waals surface area contributed by atoms with E-state index in [1.165, 1.54) is 12.1 Å². The van der Waals surface area contributed by atoms with Crippen LogP contribution in [0.3, 0.4) is 0 Å². The van der Waals surface area contributed by atoms with Crippen LogP contribution in [0.25, 0.3) is 0 Å². The fourth-order valence-electron chi connectivity index (χ4n) is 2.03. The SMILES string of the molecule is Cc1cc(CCC[C@H](C)N(C)C)cc(C(F)(F)F)c1. The van der Waals surface area contributed by atoms with Crippen LogP contribution < -0.4 is 0 Å². The molecule has 0 radical (unpaired) electrons. The molecule has 1 aromatic carbocycles. The maximum Gasteiger partial charge on any atom is 0.416 e. The molecule has 0 amide bonds. The highest BCUT2D eigenvalue weighted by atomic mass is 19.4. The van der Waals surface area contributed by atoms with Gasteiger partial charge >= 0.3 is 6.18 Å².